The van der Waals surface area contributed by atoms with Crippen LogP contribution in [0.3, 0.4) is 0 Å². The summed E-state index contributed by atoms with van der Waals surface area (Å²) in [5.74, 6) is -0.0198. The summed E-state index contributed by atoms with van der Waals surface area (Å²) < 4.78 is 61.4. The van der Waals surface area contributed by atoms with Crippen LogP contribution < -0.4 is 14.4 Å². The lowest BCUT2D eigenvalue weighted by Gasteiger charge is -2.25. The third-order valence-corrected chi connectivity index (χ3v) is 10.6. The van der Waals surface area contributed by atoms with Crippen LogP contribution in [-0.4, -0.2) is 59.8 Å². The number of sulfonamides is 2. The normalized spacial score (nSPS) is 14.5. The molecule has 1 saturated heterocycles. The van der Waals surface area contributed by atoms with Crippen LogP contribution in [0.5, 0.6) is 5.75 Å². The molecule has 4 rings (SSSR count). The van der Waals surface area contributed by atoms with Crippen molar-refractivity contribution in [3.05, 3.63) is 82.4 Å². The molecule has 1 heterocycles. The monoisotopic (exact) mass is 683 g/mol. The Morgan fingerprint density at radius 2 is 1.49 bits per heavy atom. The van der Waals surface area contributed by atoms with E-state index in [1.54, 1.807) is 54.6 Å². The number of nitrogens with one attached hydrogen (secondary N) is 1. The number of rotatable bonds is 11. The highest BCUT2D eigenvalue weighted by molar-refractivity contribution is 14.1. The van der Waals surface area contributed by atoms with Crippen molar-refractivity contribution in [1.82, 2.24) is 9.62 Å². The summed E-state index contributed by atoms with van der Waals surface area (Å²) in [6, 6.07) is 21.1. The van der Waals surface area contributed by atoms with E-state index in [4.69, 9.17) is 4.74 Å². The Bertz CT molecular complexity index is 1460. The van der Waals surface area contributed by atoms with E-state index in [0.29, 0.717) is 24.5 Å². The molecule has 0 unspecified atom stereocenters. The van der Waals surface area contributed by atoms with Gasteiger partial charge in [-0.2, -0.15) is 4.31 Å². The molecule has 9 nitrogen and oxygen atoms in total. The zero-order chi connectivity index (χ0) is 27.9. The maximum Gasteiger partial charge on any atom is 0.264 e. The predicted molar refractivity (Wildman–Crippen MR) is 158 cm³/mol. The minimum absolute atomic E-state index is 0.0884. The zero-order valence-corrected chi connectivity index (χ0v) is 25.0. The Kier molecular flexibility index (Phi) is 9.86. The van der Waals surface area contributed by atoms with Gasteiger partial charge in [0.05, 0.1) is 22.0 Å². The Labute approximate surface area is 243 Å². The van der Waals surface area contributed by atoms with Crippen LogP contribution in [0.1, 0.15) is 19.3 Å². The van der Waals surface area contributed by atoms with E-state index < -0.39 is 32.5 Å². The molecule has 0 radical (unpaired) electrons. The van der Waals surface area contributed by atoms with E-state index in [-0.39, 0.29) is 22.9 Å². The Morgan fingerprint density at radius 1 is 0.846 bits per heavy atom. The van der Waals surface area contributed by atoms with Crippen LogP contribution in [-0.2, 0) is 24.8 Å². The minimum Gasteiger partial charge on any atom is -0.492 e. The lowest BCUT2D eigenvalue weighted by Crippen LogP contribution is -2.41. The second kappa shape index (κ2) is 13.1. The molecule has 0 spiro atoms. The van der Waals surface area contributed by atoms with Crippen molar-refractivity contribution >= 4 is 54.2 Å². The molecule has 208 valence electrons. The second-order valence-electron chi connectivity index (χ2n) is 8.94. The summed E-state index contributed by atoms with van der Waals surface area (Å²) in [5, 5.41) is 2.69. The number of carbonyl (C=O) groups excluding carboxylic acids is 1. The van der Waals surface area contributed by atoms with Gasteiger partial charge in [-0.25, -0.2) is 16.8 Å². The third kappa shape index (κ3) is 7.50. The van der Waals surface area contributed by atoms with Crippen molar-refractivity contribution in [2.45, 2.75) is 29.1 Å². The summed E-state index contributed by atoms with van der Waals surface area (Å²) in [4.78, 5) is 13.1. The number of piperidine rings is 1. The van der Waals surface area contributed by atoms with Gasteiger partial charge in [-0.1, -0.05) is 24.6 Å². The van der Waals surface area contributed by atoms with Crippen molar-refractivity contribution in [3.8, 4) is 5.75 Å². The maximum atomic E-state index is 13.3. The number of benzene rings is 3. The average Bonchev–Trinajstić information content (AvgIpc) is 2.96. The number of hydrogen-bond acceptors (Lipinski definition) is 6. The molecule has 39 heavy (non-hydrogen) atoms. The molecule has 1 N–H and O–H groups in total. The van der Waals surface area contributed by atoms with Crippen molar-refractivity contribution in [1.29, 1.82) is 0 Å². The van der Waals surface area contributed by atoms with Crippen LogP contribution in [0.15, 0.2) is 88.7 Å². The number of nitrogens with zero attached hydrogens (tertiary/aromatic N) is 2. The Hall–Kier alpha value is -2.68. The molecule has 0 bridgehead atoms. The van der Waals surface area contributed by atoms with E-state index in [1.165, 1.54) is 28.6 Å². The fourth-order valence-corrected chi connectivity index (χ4v) is 7.47. The van der Waals surface area contributed by atoms with Crippen LogP contribution in [0, 0.1) is 3.57 Å². The molecule has 1 amide bonds. The van der Waals surface area contributed by atoms with E-state index >= 15 is 0 Å². The summed E-state index contributed by atoms with van der Waals surface area (Å²) >= 11 is 2.13. The van der Waals surface area contributed by atoms with Crippen molar-refractivity contribution < 1.29 is 26.4 Å². The first-order valence-electron chi connectivity index (χ1n) is 12.5. The standard InChI is InChI=1S/C27H30IN3O6S2/c28-22-9-11-23(12-10-22)31(39(35,36)25-7-3-1-4-8-25)21-27(32)29-17-20-37-24-13-15-26(16-14-24)38(33,34)30-18-5-2-6-19-30/h1,3-4,7-16H,2,5-6,17-21H2,(H,29,32). The fourth-order valence-electron chi connectivity index (χ4n) is 4.15. The van der Waals surface area contributed by atoms with Gasteiger partial charge in [-0.3, -0.25) is 9.10 Å². The first-order chi connectivity index (χ1) is 18.7. The summed E-state index contributed by atoms with van der Waals surface area (Å²) in [7, 11) is -7.49. The number of anilines is 1. The first kappa shape index (κ1) is 29.3. The highest BCUT2D eigenvalue weighted by Gasteiger charge is 2.27. The molecular weight excluding hydrogens is 653 g/mol. The molecule has 0 aliphatic carbocycles. The largest absolute Gasteiger partial charge is 0.492 e. The second-order valence-corrected chi connectivity index (χ2v) is 14.0. The molecule has 0 saturated carbocycles. The van der Waals surface area contributed by atoms with E-state index in [9.17, 15) is 21.6 Å². The smallest absolute Gasteiger partial charge is 0.264 e. The topological polar surface area (TPSA) is 113 Å². The van der Waals surface area contributed by atoms with Crippen molar-refractivity contribution in [2.24, 2.45) is 0 Å². The fraction of sp³-hybridized carbons (Fsp3) is 0.296. The van der Waals surface area contributed by atoms with Gasteiger partial charge >= 0.3 is 0 Å². The summed E-state index contributed by atoms with van der Waals surface area (Å²) in [6.07, 6.45) is 2.78. The van der Waals surface area contributed by atoms with E-state index in [0.717, 1.165) is 27.1 Å². The summed E-state index contributed by atoms with van der Waals surface area (Å²) in [6.45, 7) is 0.931. The van der Waals surface area contributed by atoms with Crippen LogP contribution in [0.2, 0.25) is 0 Å². The molecule has 1 aliphatic rings. The lowest BCUT2D eigenvalue weighted by molar-refractivity contribution is -0.119. The Balaban J connectivity index is 1.33. The highest BCUT2D eigenvalue weighted by Crippen LogP contribution is 2.25. The van der Waals surface area contributed by atoms with Gasteiger partial charge in [-0.15, -0.1) is 0 Å². The van der Waals surface area contributed by atoms with Gasteiger partial charge in [0.15, 0.2) is 0 Å². The van der Waals surface area contributed by atoms with Crippen LogP contribution in [0.25, 0.3) is 0 Å². The number of halogens is 1. The molecule has 3 aromatic rings. The SMILES string of the molecule is O=C(CN(c1ccc(I)cc1)S(=O)(=O)c1ccccc1)NCCOc1ccc(S(=O)(=O)N2CCCCC2)cc1. The van der Waals surface area contributed by atoms with Crippen molar-refractivity contribution in [3.63, 3.8) is 0 Å². The molecule has 0 aromatic heterocycles. The highest BCUT2D eigenvalue weighted by atomic mass is 127. The van der Waals surface area contributed by atoms with Crippen LogP contribution >= 0.6 is 22.6 Å². The number of amides is 1. The van der Waals surface area contributed by atoms with E-state index in [2.05, 4.69) is 27.9 Å². The maximum absolute atomic E-state index is 13.3. The quantitative estimate of drug-likeness (QED) is 0.243. The number of ether oxygens (including phenoxy) is 1. The lowest BCUT2D eigenvalue weighted by atomic mass is 10.2. The van der Waals surface area contributed by atoms with Crippen molar-refractivity contribution in [2.75, 3.05) is 37.1 Å². The number of hydrogen-bond donors (Lipinski definition) is 1. The van der Waals surface area contributed by atoms with Gasteiger partial charge < -0.3 is 10.1 Å². The Morgan fingerprint density at radius 3 is 2.13 bits per heavy atom. The van der Waals surface area contributed by atoms with Gasteiger partial charge in [0.2, 0.25) is 15.9 Å². The number of carbonyl (C=O) groups is 1. The molecule has 12 heteroatoms. The van der Waals surface area contributed by atoms with Gasteiger partial charge in [0.1, 0.15) is 18.9 Å². The first-order valence-corrected chi connectivity index (χ1v) is 16.5. The molecule has 1 aliphatic heterocycles. The van der Waals surface area contributed by atoms with Crippen LogP contribution in [0.4, 0.5) is 5.69 Å². The minimum atomic E-state index is -3.97. The van der Waals surface area contributed by atoms with E-state index in [1.807, 2.05) is 0 Å². The zero-order valence-electron chi connectivity index (χ0n) is 21.2. The summed E-state index contributed by atoms with van der Waals surface area (Å²) in [5.41, 5.74) is 0.380. The molecule has 1 fully saturated rings. The molecule has 3 aromatic carbocycles. The van der Waals surface area contributed by atoms with Gasteiger partial charge in [-0.05, 0) is 96.1 Å². The predicted octanol–water partition coefficient (Wildman–Crippen LogP) is 3.86. The molecular formula is C27H30IN3O6S2. The van der Waals surface area contributed by atoms with Gasteiger partial charge in [0, 0.05) is 16.7 Å². The molecule has 0 atom stereocenters. The third-order valence-electron chi connectivity index (χ3n) is 6.20. The van der Waals surface area contributed by atoms with Gasteiger partial charge in [0.25, 0.3) is 10.0 Å². The average molecular weight is 684 g/mol.